The first-order valence-corrected chi connectivity index (χ1v) is 5.59. The molecule has 0 fully saturated rings. The van der Waals surface area contributed by atoms with Gasteiger partial charge in [-0.25, -0.2) is 9.97 Å². The minimum atomic E-state index is -0.742. The van der Waals surface area contributed by atoms with Crippen molar-refractivity contribution in [3.05, 3.63) is 45.6 Å². The van der Waals surface area contributed by atoms with Crippen LogP contribution in [0.2, 0.25) is 0 Å². The van der Waals surface area contributed by atoms with Crippen molar-refractivity contribution in [2.45, 2.75) is 6.92 Å². The molecule has 1 aromatic carbocycles. The van der Waals surface area contributed by atoms with Crippen molar-refractivity contribution in [2.75, 3.05) is 5.73 Å². The zero-order valence-electron chi connectivity index (χ0n) is 10.5. The fraction of sp³-hybridized carbons (Fsp3) is 0.0833. The van der Waals surface area contributed by atoms with Crippen molar-refractivity contribution < 1.29 is 9.72 Å². The summed E-state index contributed by atoms with van der Waals surface area (Å²) in [4.78, 5) is 29.7. The van der Waals surface area contributed by atoms with Gasteiger partial charge in [-0.05, 0) is 13.0 Å². The van der Waals surface area contributed by atoms with Crippen LogP contribution in [0.5, 0.6) is 0 Å². The number of hydrogen-bond acceptors (Lipinski definition) is 6. The predicted molar refractivity (Wildman–Crippen MR) is 71.8 cm³/mol. The molecule has 0 aliphatic rings. The minimum absolute atomic E-state index is 0.0207. The lowest BCUT2D eigenvalue weighted by Crippen LogP contribution is -2.18. The van der Waals surface area contributed by atoms with Crippen molar-refractivity contribution in [1.82, 2.24) is 9.97 Å². The van der Waals surface area contributed by atoms with Crippen LogP contribution in [0.15, 0.2) is 24.3 Å². The Bertz CT molecular complexity index is 691. The van der Waals surface area contributed by atoms with Crippen molar-refractivity contribution in [3.63, 3.8) is 0 Å². The van der Waals surface area contributed by atoms with Crippen LogP contribution in [0.1, 0.15) is 16.1 Å². The average molecular weight is 273 g/mol. The van der Waals surface area contributed by atoms with Crippen LogP contribution in [0, 0.1) is 17.0 Å². The van der Waals surface area contributed by atoms with E-state index in [4.69, 9.17) is 11.5 Å². The van der Waals surface area contributed by atoms with Gasteiger partial charge in [0.25, 0.3) is 11.6 Å². The fourth-order valence-electron chi connectivity index (χ4n) is 1.84. The van der Waals surface area contributed by atoms with E-state index in [1.54, 1.807) is 6.07 Å². The summed E-state index contributed by atoms with van der Waals surface area (Å²) in [6.07, 6.45) is 0. The van der Waals surface area contributed by atoms with Crippen LogP contribution in [0.25, 0.3) is 11.4 Å². The largest absolute Gasteiger partial charge is 0.383 e. The maximum Gasteiger partial charge on any atom is 0.280 e. The maximum absolute atomic E-state index is 11.2. The van der Waals surface area contributed by atoms with Crippen LogP contribution in [0.4, 0.5) is 11.5 Å². The summed E-state index contributed by atoms with van der Waals surface area (Å²) in [5.74, 6) is -0.760. The lowest BCUT2D eigenvalue weighted by molar-refractivity contribution is -0.384. The van der Waals surface area contributed by atoms with Crippen molar-refractivity contribution in [2.24, 2.45) is 5.73 Å². The number of benzene rings is 1. The quantitative estimate of drug-likeness (QED) is 0.632. The maximum atomic E-state index is 11.2. The molecule has 0 atom stereocenters. The Hall–Kier alpha value is -3.03. The zero-order chi connectivity index (χ0) is 14.9. The van der Waals surface area contributed by atoms with E-state index in [2.05, 4.69) is 9.97 Å². The zero-order valence-corrected chi connectivity index (χ0v) is 10.5. The van der Waals surface area contributed by atoms with Gasteiger partial charge >= 0.3 is 0 Å². The number of carbonyl (C=O) groups is 1. The van der Waals surface area contributed by atoms with Gasteiger partial charge in [-0.3, -0.25) is 14.9 Å². The molecular formula is C12H11N5O3. The summed E-state index contributed by atoms with van der Waals surface area (Å²) in [5, 5.41) is 11.0. The SMILES string of the molecule is Cc1nc(-c2ccccc2[N+](=O)[O-])nc(N)c1C(N)=O. The standard InChI is InChI=1S/C12H11N5O3/c1-6-9(11(14)18)10(13)16-12(15-6)7-4-2-3-5-8(7)17(19)20/h2-5H,1H3,(H2,14,18)(H2,13,15,16). The molecule has 0 aliphatic carbocycles. The van der Waals surface area contributed by atoms with Crippen molar-refractivity contribution in [1.29, 1.82) is 0 Å². The number of nitrogens with two attached hydrogens (primary N) is 2. The summed E-state index contributed by atoms with van der Waals surface area (Å²) >= 11 is 0. The van der Waals surface area contributed by atoms with Gasteiger partial charge in [-0.2, -0.15) is 0 Å². The van der Waals surface area contributed by atoms with E-state index in [9.17, 15) is 14.9 Å². The van der Waals surface area contributed by atoms with Gasteiger partial charge in [0.1, 0.15) is 11.4 Å². The molecule has 2 rings (SSSR count). The molecule has 0 bridgehead atoms. The Kier molecular flexibility index (Phi) is 3.30. The van der Waals surface area contributed by atoms with E-state index < -0.39 is 10.8 Å². The molecule has 1 heterocycles. The van der Waals surface area contributed by atoms with Crippen LogP contribution in [0.3, 0.4) is 0 Å². The Balaban J connectivity index is 2.67. The second-order valence-corrected chi connectivity index (χ2v) is 4.03. The van der Waals surface area contributed by atoms with Crippen LogP contribution >= 0.6 is 0 Å². The Morgan fingerprint density at radius 2 is 1.95 bits per heavy atom. The second-order valence-electron chi connectivity index (χ2n) is 4.03. The molecule has 8 nitrogen and oxygen atoms in total. The number of primary amides is 1. The molecule has 1 aromatic heterocycles. The summed E-state index contributed by atoms with van der Waals surface area (Å²) in [6.45, 7) is 1.54. The average Bonchev–Trinajstić information content (AvgIpc) is 2.37. The lowest BCUT2D eigenvalue weighted by Gasteiger charge is -2.08. The molecular weight excluding hydrogens is 262 g/mol. The third-order valence-electron chi connectivity index (χ3n) is 2.71. The number of anilines is 1. The number of nitrogen functional groups attached to an aromatic ring is 1. The minimum Gasteiger partial charge on any atom is -0.383 e. The van der Waals surface area contributed by atoms with Gasteiger partial charge in [0, 0.05) is 6.07 Å². The first kappa shape index (κ1) is 13.4. The topological polar surface area (TPSA) is 138 Å². The highest BCUT2D eigenvalue weighted by Crippen LogP contribution is 2.28. The van der Waals surface area contributed by atoms with Gasteiger partial charge < -0.3 is 11.5 Å². The van der Waals surface area contributed by atoms with E-state index in [1.807, 2.05) is 0 Å². The number of nitrogens with zero attached hydrogens (tertiary/aromatic N) is 3. The molecule has 0 radical (unpaired) electrons. The number of nitro groups is 1. The Labute approximate surface area is 113 Å². The molecule has 0 saturated heterocycles. The van der Waals surface area contributed by atoms with Gasteiger partial charge in [-0.1, -0.05) is 12.1 Å². The molecule has 0 aliphatic heterocycles. The van der Waals surface area contributed by atoms with Gasteiger partial charge in [0.15, 0.2) is 5.82 Å². The summed E-state index contributed by atoms with van der Waals surface area (Å²) in [6, 6.07) is 6.01. The number of carbonyl (C=O) groups excluding carboxylic acids is 1. The summed E-state index contributed by atoms with van der Waals surface area (Å²) < 4.78 is 0. The number of aromatic nitrogens is 2. The summed E-state index contributed by atoms with van der Waals surface area (Å²) in [5.41, 5.74) is 11.2. The molecule has 0 unspecified atom stereocenters. The normalized spacial score (nSPS) is 10.2. The second kappa shape index (κ2) is 4.92. The van der Waals surface area contributed by atoms with Gasteiger partial charge in [-0.15, -0.1) is 0 Å². The molecule has 0 saturated carbocycles. The Morgan fingerprint density at radius 1 is 1.30 bits per heavy atom. The summed E-state index contributed by atoms with van der Waals surface area (Å²) in [7, 11) is 0. The third-order valence-corrected chi connectivity index (χ3v) is 2.71. The van der Waals surface area contributed by atoms with Crippen LogP contribution in [-0.2, 0) is 0 Å². The van der Waals surface area contributed by atoms with Gasteiger partial charge in [0.05, 0.1) is 16.2 Å². The number of para-hydroxylation sites is 1. The molecule has 102 valence electrons. The van der Waals surface area contributed by atoms with Crippen LogP contribution in [-0.4, -0.2) is 20.8 Å². The molecule has 1 amide bonds. The molecule has 2 aromatic rings. The molecule has 4 N–H and O–H groups in total. The highest BCUT2D eigenvalue weighted by atomic mass is 16.6. The van der Waals surface area contributed by atoms with Crippen molar-refractivity contribution >= 4 is 17.4 Å². The first-order valence-electron chi connectivity index (χ1n) is 5.59. The highest BCUT2D eigenvalue weighted by molar-refractivity contribution is 5.98. The van der Waals surface area contributed by atoms with Gasteiger partial charge in [0.2, 0.25) is 0 Å². The number of aryl methyl sites for hydroxylation is 1. The lowest BCUT2D eigenvalue weighted by atomic mass is 10.1. The molecule has 20 heavy (non-hydrogen) atoms. The van der Waals surface area contributed by atoms with Crippen LogP contribution < -0.4 is 11.5 Å². The van der Waals surface area contributed by atoms with E-state index in [0.717, 1.165) is 0 Å². The van der Waals surface area contributed by atoms with E-state index in [-0.39, 0.29) is 34.2 Å². The smallest absolute Gasteiger partial charge is 0.280 e. The van der Waals surface area contributed by atoms with E-state index >= 15 is 0 Å². The predicted octanol–water partition coefficient (Wildman–Crippen LogP) is 1.04. The van der Waals surface area contributed by atoms with E-state index in [0.29, 0.717) is 0 Å². The highest BCUT2D eigenvalue weighted by Gasteiger charge is 2.20. The number of rotatable bonds is 3. The Morgan fingerprint density at radius 3 is 2.50 bits per heavy atom. The first-order chi connectivity index (χ1) is 9.41. The molecule has 8 heteroatoms. The monoisotopic (exact) mass is 273 g/mol. The number of nitro benzene ring substituents is 1. The number of hydrogen-bond donors (Lipinski definition) is 2. The third kappa shape index (κ3) is 2.26. The van der Waals surface area contributed by atoms with E-state index in [1.165, 1.54) is 25.1 Å². The van der Waals surface area contributed by atoms with Crippen molar-refractivity contribution in [3.8, 4) is 11.4 Å². The molecule has 0 spiro atoms. The fourth-order valence-corrected chi connectivity index (χ4v) is 1.84. The number of amides is 1.